The molecule has 0 saturated carbocycles. The van der Waals surface area contributed by atoms with Gasteiger partial charge < -0.3 is 14.7 Å². The van der Waals surface area contributed by atoms with Crippen LogP contribution in [0.5, 0.6) is 5.75 Å². The van der Waals surface area contributed by atoms with E-state index in [4.69, 9.17) is 9.84 Å². The number of hydrogen-bond acceptors (Lipinski definition) is 5. The predicted octanol–water partition coefficient (Wildman–Crippen LogP) is 1.76. The summed E-state index contributed by atoms with van der Waals surface area (Å²) in [7, 11) is 0. The summed E-state index contributed by atoms with van der Waals surface area (Å²) in [6.07, 6.45) is -4.44. The maximum Gasteiger partial charge on any atom is 0.416 e. The normalized spacial score (nSPS) is 15.6. The van der Waals surface area contributed by atoms with E-state index in [0.29, 0.717) is 38.4 Å². The van der Waals surface area contributed by atoms with Crippen molar-refractivity contribution >= 4 is 5.91 Å². The van der Waals surface area contributed by atoms with Crippen LogP contribution in [0, 0.1) is 0 Å². The van der Waals surface area contributed by atoms with Crippen molar-refractivity contribution in [2.75, 3.05) is 39.3 Å². The van der Waals surface area contributed by atoms with Crippen molar-refractivity contribution in [2.45, 2.75) is 12.8 Å². The zero-order valence-electron chi connectivity index (χ0n) is 15.1. The highest BCUT2D eigenvalue weighted by Gasteiger charge is 2.30. The molecule has 1 amide bonds. The summed E-state index contributed by atoms with van der Waals surface area (Å²) in [5.41, 5.74) is -0.0660. The molecule has 1 saturated heterocycles. The first-order valence-corrected chi connectivity index (χ1v) is 8.83. The van der Waals surface area contributed by atoms with E-state index in [2.05, 4.69) is 15.1 Å². The molecule has 28 heavy (non-hydrogen) atoms. The number of carbonyl (C=O) groups is 1. The third kappa shape index (κ3) is 5.02. The van der Waals surface area contributed by atoms with Gasteiger partial charge in [0.15, 0.2) is 5.69 Å². The Morgan fingerprint density at radius 3 is 2.64 bits per heavy atom. The van der Waals surface area contributed by atoms with Crippen LogP contribution in [0.4, 0.5) is 13.2 Å². The maximum atomic E-state index is 12.7. The van der Waals surface area contributed by atoms with Crippen molar-refractivity contribution < 1.29 is 27.8 Å². The van der Waals surface area contributed by atoms with E-state index in [1.807, 2.05) is 0 Å². The second-order valence-electron chi connectivity index (χ2n) is 6.45. The summed E-state index contributed by atoms with van der Waals surface area (Å²) in [5.74, 6) is -0.137. The van der Waals surface area contributed by atoms with Gasteiger partial charge in [-0.15, -0.1) is 0 Å². The van der Waals surface area contributed by atoms with Gasteiger partial charge in [0.2, 0.25) is 0 Å². The summed E-state index contributed by atoms with van der Waals surface area (Å²) in [5, 5.41) is 15.6. The van der Waals surface area contributed by atoms with Crippen LogP contribution in [0.2, 0.25) is 0 Å². The van der Waals surface area contributed by atoms with Crippen LogP contribution in [0.25, 0.3) is 0 Å². The number of halogens is 3. The number of aliphatic hydroxyl groups excluding tert-OH is 1. The smallest absolute Gasteiger partial charge is 0.416 e. The number of aromatic amines is 1. The van der Waals surface area contributed by atoms with Crippen molar-refractivity contribution in [2.24, 2.45) is 0 Å². The molecule has 1 fully saturated rings. The van der Waals surface area contributed by atoms with Gasteiger partial charge in [0.25, 0.3) is 5.91 Å². The van der Waals surface area contributed by atoms with Crippen molar-refractivity contribution in [1.82, 2.24) is 20.0 Å². The van der Waals surface area contributed by atoms with E-state index in [9.17, 15) is 18.0 Å². The second kappa shape index (κ2) is 8.61. The lowest BCUT2D eigenvalue weighted by Crippen LogP contribution is -2.49. The minimum Gasteiger partial charge on any atom is -0.487 e. The molecule has 10 heteroatoms. The highest BCUT2D eigenvalue weighted by Crippen LogP contribution is 2.31. The first-order chi connectivity index (χ1) is 13.4. The summed E-state index contributed by atoms with van der Waals surface area (Å²) in [6.45, 7) is 3.09. The molecular weight excluding hydrogens is 377 g/mol. The van der Waals surface area contributed by atoms with Gasteiger partial charge in [-0.3, -0.25) is 14.8 Å². The van der Waals surface area contributed by atoms with Crippen molar-refractivity contribution in [1.29, 1.82) is 0 Å². The Balaban J connectivity index is 1.55. The fourth-order valence-electron chi connectivity index (χ4n) is 2.95. The number of hydrogen-bond donors (Lipinski definition) is 2. The van der Waals surface area contributed by atoms with Crippen LogP contribution in [-0.2, 0) is 12.8 Å². The average molecular weight is 398 g/mol. The number of aliphatic hydroxyl groups is 1. The zero-order chi connectivity index (χ0) is 20.1. The highest BCUT2D eigenvalue weighted by molar-refractivity contribution is 5.92. The number of piperazine rings is 1. The molecule has 1 aliphatic heterocycles. The fourth-order valence-corrected chi connectivity index (χ4v) is 2.95. The molecular formula is C18H21F3N4O3. The van der Waals surface area contributed by atoms with Gasteiger partial charge in [-0.2, -0.15) is 18.3 Å². The van der Waals surface area contributed by atoms with Gasteiger partial charge in [0.05, 0.1) is 17.9 Å². The second-order valence-corrected chi connectivity index (χ2v) is 6.45. The van der Waals surface area contributed by atoms with Crippen molar-refractivity contribution in [3.63, 3.8) is 0 Å². The van der Waals surface area contributed by atoms with Crippen molar-refractivity contribution in [3.05, 3.63) is 47.3 Å². The van der Waals surface area contributed by atoms with E-state index < -0.39 is 11.7 Å². The predicted molar refractivity (Wildman–Crippen MR) is 93.8 cm³/mol. The first-order valence-electron chi connectivity index (χ1n) is 8.83. The largest absolute Gasteiger partial charge is 0.487 e. The summed E-state index contributed by atoms with van der Waals surface area (Å²) < 4.78 is 43.6. The summed E-state index contributed by atoms with van der Waals surface area (Å²) in [4.78, 5) is 16.3. The Hall–Kier alpha value is -2.59. The van der Waals surface area contributed by atoms with E-state index >= 15 is 0 Å². The van der Waals surface area contributed by atoms with Crippen LogP contribution >= 0.6 is 0 Å². The van der Waals surface area contributed by atoms with Gasteiger partial charge in [-0.1, -0.05) is 6.07 Å². The van der Waals surface area contributed by atoms with E-state index in [1.54, 1.807) is 4.90 Å². The molecule has 7 nitrogen and oxygen atoms in total. The minimum absolute atomic E-state index is 0.0358. The Kier molecular flexibility index (Phi) is 6.20. The first kappa shape index (κ1) is 20.2. The zero-order valence-corrected chi connectivity index (χ0v) is 15.1. The molecule has 2 heterocycles. The number of ether oxygens (including phenoxy) is 1. The molecule has 0 radical (unpaired) electrons. The number of nitrogens with one attached hydrogen (secondary N) is 1. The number of H-pyrrole nitrogens is 1. The number of nitrogens with zero attached hydrogens (tertiary/aromatic N) is 3. The number of benzene rings is 1. The molecule has 1 aromatic carbocycles. The third-order valence-electron chi connectivity index (χ3n) is 4.48. The number of β-amino-alcohol motifs (C(OH)–C–C–N with tert-alkyl or cyclic N) is 1. The number of carbonyl (C=O) groups excluding carboxylic acids is 1. The number of aromatic nitrogens is 2. The van der Waals surface area contributed by atoms with Gasteiger partial charge in [0.1, 0.15) is 12.4 Å². The topological polar surface area (TPSA) is 81.7 Å². The summed E-state index contributed by atoms with van der Waals surface area (Å²) >= 11 is 0. The van der Waals surface area contributed by atoms with Crippen molar-refractivity contribution in [3.8, 4) is 5.75 Å². The minimum atomic E-state index is -4.44. The maximum absolute atomic E-state index is 12.7. The standard InChI is InChI=1S/C18H21F3N4O3/c19-18(20,21)13-2-1-3-15(10-13)28-12-14-11-16(23-22-14)17(27)25-6-4-24(5-7-25)8-9-26/h1-3,10-11,26H,4-9,12H2,(H,22,23). The number of amides is 1. The molecule has 3 rings (SSSR count). The van der Waals surface area contributed by atoms with Gasteiger partial charge in [-0.05, 0) is 24.3 Å². The van der Waals surface area contributed by atoms with Crippen LogP contribution in [-0.4, -0.2) is 70.3 Å². The fraction of sp³-hybridized carbons (Fsp3) is 0.444. The van der Waals surface area contributed by atoms with Gasteiger partial charge in [0, 0.05) is 32.7 Å². The third-order valence-corrected chi connectivity index (χ3v) is 4.48. The lowest BCUT2D eigenvalue weighted by Gasteiger charge is -2.33. The monoisotopic (exact) mass is 398 g/mol. The van der Waals surface area contributed by atoms with Crippen LogP contribution in [0.1, 0.15) is 21.7 Å². The molecule has 0 unspecified atom stereocenters. The number of alkyl halides is 3. The highest BCUT2D eigenvalue weighted by atomic mass is 19.4. The van der Waals surface area contributed by atoms with Crippen LogP contribution in [0.15, 0.2) is 30.3 Å². The Morgan fingerprint density at radius 2 is 1.96 bits per heavy atom. The quantitative estimate of drug-likeness (QED) is 0.775. The summed E-state index contributed by atoms with van der Waals surface area (Å²) in [6, 6.07) is 6.14. The molecule has 0 bridgehead atoms. The van der Waals surface area contributed by atoms with Crippen LogP contribution < -0.4 is 4.74 Å². The Morgan fingerprint density at radius 1 is 1.21 bits per heavy atom. The van der Waals surface area contributed by atoms with Gasteiger partial charge in [-0.25, -0.2) is 0 Å². The molecule has 1 aliphatic rings. The van der Waals surface area contributed by atoms with Crippen LogP contribution in [0.3, 0.4) is 0 Å². The molecule has 0 aliphatic carbocycles. The van der Waals surface area contributed by atoms with E-state index in [1.165, 1.54) is 18.2 Å². The molecule has 152 valence electrons. The Labute approximate surface area is 159 Å². The lowest BCUT2D eigenvalue weighted by molar-refractivity contribution is -0.137. The van der Waals surface area contributed by atoms with Gasteiger partial charge >= 0.3 is 6.18 Å². The molecule has 2 aromatic rings. The average Bonchev–Trinajstić information content (AvgIpc) is 3.15. The molecule has 1 aromatic heterocycles. The molecule has 2 N–H and O–H groups in total. The lowest BCUT2D eigenvalue weighted by atomic mass is 10.2. The molecule has 0 spiro atoms. The van der Waals surface area contributed by atoms with E-state index in [-0.39, 0.29) is 30.6 Å². The van der Waals surface area contributed by atoms with E-state index in [0.717, 1.165) is 12.1 Å². The molecule has 0 atom stereocenters. The Bertz CT molecular complexity index is 801. The number of rotatable bonds is 6. The SMILES string of the molecule is O=C(c1cc(COc2cccc(C(F)(F)F)c2)[nH]n1)N1CCN(CCO)CC1.